The third kappa shape index (κ3) is 2.69. The highest BCUT2D eigenvalue weighted by molar-refractivity contribution is 6.04. The van der Waals surface area contributed by atoms with E-state index in [1.54, 1.807) is 0 Å². The summed E-state index contributed by atoms with van der Waals surface area (Å²) in [6.45, 7) is 3.29. The highest BCUT2D eigenvalue weighted by Gasteiger charge is 2.88. The number of ether oxygens (including phenoxy) is 3. The van der Waals surface area contributed by atoms with Crippen molar-refractivity contribution in [3.8, 4) is 0 Å². The largest absolute Gasteiger partial charge is 0.464 e. The van der Waals surface area contributed by atoms with Crippen LogP contribution in [0.3, 0.4) is 0 Å². The van der Waals surface area contributed by atoms with Crippen molar-refractivity contribution in [2.75, 3.05) is 19.8 Å². The summed E-state index contributed by atoms with van der Waals surface area (Å²) in [6.07, 6.45) is -6.66. The number of rotatable bonds is 5. The molecule has 0 aromatic rings. The first-order chi connectivity index (χ1) is 10.2. The smallest absolute Gasteiger partial charge is 0.425 e. The molecule has 1 amide bonds. The van der Waals surface area contributed by atoms with Crippen LogP contribution >= 0.6 is 0 Å². The third-order valence-electron chi connectivity index (χ3n) is 2.96. The summed E-state index contributed by atoms with van der Waals surface area (Å²) in [5.41, 5.74) is -3.40. The predicted molar refractivity (Wildman–Crippen MR) is 64.7 cm³/mol. The molecule has 1 rings (SSSR count). The molecule has 1 heterocycles. The SMILES string of the molecule is CCOC(=O)C1N(C(=O)OCC)C1(C(=O)OCC)C(F)(F)F. The van der Waals surface area contributed by atoms with Crippen LogP contribution in [0.15, 0.2) is 0 Å². The fourth-order valence-corrected chi connectivity index (χ4v) is 2.09. The summed E-state index contributed by atoms with van der Waals surface area (Å²) >= 11 is 0. The Morgan fingerprint density at radius 1 is 1.00 bits per heavy atom. The number of nitrogens with zero attached hydrogens (tertiary/aromatic N) is 1. The van der Waals surface area contributed by atoms with Gasteiger partial charge in [0.25, 0.3) is 5.54 Å². The van der Waals surface area contributed by atoms with Gasteiger partial charge in [-0.15, -0.1) is 0 Å². The Kier molecular flexibility index (Phi) is 5.26. The molecule has 1 aliphatic rings. The van der Waals surface area contributed by atoms with Crippen LogP contribution in [-0.2, 0) is 23.8 Å². The van der Waals surface area contributed by atoms with Gasteiger partial charge < -0.3 is 14.2 Å². The molecule has 2 atom stereocenters. The van der Waals surface area contributed by atoms with Crippen LogP contribution in [0.2, 0.25) is 0 Å². The van der Waals surface area contributed by atoms with Gasteiger partial charge in [0.1, 0.15) is 0 Å². The van der Waals surface area contributed by atoms with Crippen LogP contribution in [0, 0.1) is 0 Å². The third-order valence-corrected chi connectivity index (χ3v) is 2.96. The Hall–Kier alpha value is -2.00. The molecule has 2 unspecified atom stereocenters. The lowest BCUT2D eigenvalue weighted by Gasteiger charge is -2.18. The van der Waals surface area contributed by atoms with Crippen LogP contribution in [0.4, 0.5) is 18.0 Å². The van der Waals surface area contributed by atoms with Crippen molar-refractivity contribution >= 4 is 18.0 Å². The Bertz CT molecular complexity index is 440. The van der Waals surface area contributed by atoms with E-state index in [1.165, 1.54) is 20.8 Å². The average molecular weight is 327 g/mol. The molecule has 10 heteroatoms. The lowest BCUT2D eigenvalue weighted by atomic mass is 10.0. The summed E-state index contributed by atoms with van der Waals surface area (Å²) in [5, 5.41) is 0. The quantitative estimate of drug-likeness (QED) is 0.429. The first-order valence-electron chi connectivity index (χ1n) is 6.56. The van der Waals surface area contributed by atoms with Gasteiger partial charge in [0, 0.05) is 0 Å². The molecule has 0 aliphatic carbocycles. The summed E-state index contributed by atoms with van der Waals surface area (Å²) < 4.78 is 53.6. The number of hydrogen-bond acceptors (Lipinski definition) is 6. The minimum atomic E-state index is -5.22. The zero-order valence-electron chi connectivity index (χ0n) is 12.2. The number of hydrogen-bond donors (Lipinski definition) is 0. The average Bonchev–Trinajstić information content (AvgIpc) is 3.10. The number of carbonyl (C=O) groups is 3. The zero-order chi connectivity index (χ0) is 17.1. The van der Waals surface area contributed by atoms with Gasteiger partial charge in [-0.2, -0.15) is 13.2 Å². The van der Waals surface area contributed by atoms with Crippen molar-refractivity contribution in [3.05, 3.63) is 0 Å². The van der Waals surface area contributed by atoms with Gasteiger partial charge in [-0.25, -0.2) is 14.4 Å². The van der Waals surface area contributed by atoms with Crippen LogP contribution in [0.25, 0.3) is 0 Å². The van der Waals surface area contributed by atoms with Gasteiger partial charge in [-0.3, -0.25) is 4.90 Å². The zero-order valence-corrected chi connectivity index (χ0v) is 12.2. The van der Waals surface area contributed by atoms with Gasteiger partial charge in [-0.1, -0.05) is 0 Å². The highest BCUT2D eigenvalue weighted by Crippen LogP contribution is 2.54. The molecule has 1 aliphatic heterocycles. The van der Waals surface area contributed by atoms with E-state index in [1.807, 2.05) is 0 Å². The number of alkyl halides is 3. The van der Waals surface area contributed by atoms with Crippen molar-refractivity contribution < 1.29 is 41.8 Å². The number of carbonyl (C=O) groups excluding carboxylic acids is 3. The molecule has 0 bridgehead atoms. The molecule has 0 spiro atoms. The lowest BCUT2D eigenvalue weighted by molar-refractivity contribution is -0.195. The van der Waals surface area contributed by atoms with Gasteiger partial charge in [0.05, 0.1) is 19.8 Å². The van der Waals surface area contributed by atoms with Gasteiger partial charge in [-0.05, 0) is 20.8 Å². The number of halogens is 3. The van der Waals surface area contributed by atoms with Crippen molar-refractivity contribution in [1.29, 1.82) is 0 Å². The van der Waals surface area contributed by atoms with Crippen LogP contribution in [-0.4, -0.2) is 60.5 Å². The van der Waals surface area contributed by atoms with E-state index in [9.17, 15) is 27.6 Å². The van der Waals surface area contributed by atoms with E-state index in [2.05, 4.69) is 14.2 Å². The van der Waals surface area contributed by atoms with Gasteiger partial charge >= 0.3 is 24.2 Å². The molecular formula is C12H16F3NO6. The minimum absolute atomic E-state index is 0.00644. The normalized spacial score (nSPS) is 23.7. The van der Waals surface area contributed by atoms with Crippen molar-refractivity contribution in [3.63, 3.8) is 0 Å². The van der Waals surface area contributed by atoms with Crippen LogP contribution in [0.5, 0.6) is 0 Å². The van der Waals surface area contributed by atoms with E-state index in [0.29, 0.717) is 0 Å². The Labute approximate surface area is 124 Å². The molecule has 1 fully saturated rings. The lowest BCUT2D eigenvalue weighted by Crippen LogP contribution is -2.48. The molecule has 0 saturated carbocycles. The molecular weight excluding hydrogens is 311 g/mol. The minimum Gasteiger partial charge on any atom is -0.464 e. The Morgan fingerprint density at radius 3 is 1.91 bits per heavy atom. The van der Waals surface area contributed by atoms with E-state index < -0.39 is 35.8 Å². The Morgan fingerprint density at radius 2 is 1.50 bits per heavy atom. The fraction of sp³-hybridized carbons (Fsp3) is 0.750. The standard InChI is InChI=1S/C12H16F3NO6/c1-4-20-8(17)7-11(12(13,14)15,9(18)21-5-2)16(7)10(19)22-6-3/h7H,4-6H2,1-3H3. The van der Waals surface area contributed by atoms with Gasteiger partial charge in [0.2, 0.25) is 0 Å². The highest BCUT2D eigenvalue weighted by atomic mass is 19.4. The van der Waals surface area contributed by atoms with Crippen molar-refractivity contribution in [1.82, 2.24) is 4.90 Å². The fourth-order valence-electron chi connectivity index (χ4n) is 2.09. The second-order valence-corrected chi connectivity index (χ2v) is 4.21. The van der Waals surface area contributed by atoms with E-state index >= 15 is 0 Å². The monoisotopic (exact) mass is 327 g/mol. The number of esters is 2. The topological polar surface area (TPSA) is 81.9 Å². The molecule has 7 nitrogen and oxygen atoms in total. The summed E-state index contributed by atoms with van der Waals surface area (Å²) in [7, 11) is 0. The maximum atomic E-state index is 13.4. The number of amides is 1. The van der Waals surface area contributed by atoms with E-state index in [0.717, 1.165) is 0 Å². The molecule has 126 valence electrons. The first kappa shape index (κ1) is 18.1. The second kappa shape index (κ2) is 6.41. The Balaban J connectivity index is 3.27. The van der Waals surface area contributed by atoms with E-state index in [4.69, 9.17) is 0 Å². The van der Waals surface area contributed by atoms with Crippen molar-refractivity contribution in [2.24, 2.45) is 0 Å². The van der Waals surface area contributed by atoms with Crippen LogP contribution < -0.4 is 0 Å². The summed E-state index contributed by atoms with van der Waals surface area (Å²) in [4.78, 5) is 35.2. The maximum absolute atomic E-state index is 13.4. The molecule has 0 aromatic heterocycles. The molecule has 0 N–H and O–H groups in total. The van der Waals surface area contributed by atoms with E-state index in [-0.39, 0.29) is 24.7 Å². The molecule has 22 heavy (non-hydrogen) atoms. The summed E-state index contributed by atoms with van der Waals surface area (Å²) in [5.74, 6) is -3.09. The molecule has 0 aromatic carbocycles. The second-order valence-electron chi connectivity index (χ2n) is 4.21. The molecule has 1 saturated heterocycles. The predicted octanol–water partition coefficient (Wildman–Crippen LogP) is 1.25. The summed E-state index contributed by atoms with van der Waals surface area (Å²) in [6, 6.07) is -2.15. The molecule has 0 radical (unpaired) electrons. The van der Waals surface area contributed by atoms with Crippen molar-refractivity contribution in [2.45, 2.75) is 38.5 Å². The van der Waals surface area contributed by atoms with Crippen LogP contribution in [0.1, 0.15) is 20.8 Å². The first-order valence-corrected chi connectivity index (χ1v) is 6.56. The maximum Gasteiger partial charge on any atom is 0.425 e. The van der Waals surface area contributed by atoms with Gasteiger partial charge in [0.15, 0.2) is 6.04 Å².